The Morgan fingerprint density at radius 2 is 1.20 bits per heavy atom. The van der Waals surface area contributed by atoms with E-state index in [4.69, 9.17) is 15.7 Å². The van der Waals surface area contributed by atoms with Gasteiger partial charge < -0.3 is 0 Å². The Kier molecular flexibility index (Phi) is 1.89. The summed E-state index contributed by atoms with van der Waals surface area (Å²) in [7, 11) is 11.3. The molecule has 1 aromatic carbocycles. The first-order valence-corrected chi connectivity index (χ1v) is 3.23. The van der Waals surface area contributed by atoms with E-state index < -0.39 is 0 Å². The zero-order valence-electron chi connectivity index (χ0n) is 6.31. The fourth-order valence-electron chi connectivity index (χ4n) is 0.861. The van der Waals surface area contributed by atoms with Crippen molar-refractivity contribution in [2.24, 2.45) is 0 Å². The lowest BCUT2D eigenvalue weighted by Gasteiger charge is -2.05. The van der Waals surface area contributed by atoms with E-state index in [9.17, 15) is 0 Å². The van der Waals surface area contributed by atoms with Crippen molar-refractivity contribution in [2.45, 2.75) is 13.8 Å². The molecule has 0 aliphatic heterocycles. The highest BCUT2D eigenvalue weighted by Gasteiger charge is 1.94. The predicted molar refractivity (Wildman–Crippen MR) is 46.7 cm³/mol. The van der Waals surface area contributed by atoms with Gasteiger partial charge in [-0.3, -0.25) is 0 Å². The molecule has 0 N–H and O–H groups in total. The normalized spacial score (nSPS) is 9.80. The summed E-state index contributed by atoms with van der Waals surface area (Å²) in [6, 6.07) is 3.79. The first-order chi connectivity index (χ1) is 4.61. The first-order valence-electron chi connectivity index (χ1n) is 3.23. The van der Waals surface area contributed by atoms with E-state index in [1.807, 2.05) is 26.0 Å². The van der Waals surface area contributed by atoms with Crippen LogP contribution in [0.15, 0.2) is 12.1 Å². The van der Waals surface area contributed by atoms with Crippen LogP contribution in [0, 0.1) is 13.8 Å². The maximum absolute atomic E-state index is 5.63. The summed E-state index contributed by atoms with van der Waals surface area (Å²) in [5.74, 6) is 0. The second kappa shape index (κ2) is 2.53. The highest BCUT2D eigenvalue weighted by molar-refractivity contribution is 6.37. The predicted octanol–water partition coefficient (Wildman–Crippen LogP) is -0.109. The van der Waals surface area contributed by atoms with Gasteiger partial charge in [-0.25, -0.2) is 0 Å². The Morgan fingerprint density at radius 1 is 0.900 bits per heavy atom. The third kappa shape index (κ3) is 1.26. The maximum Gasteiger partial charge on any atom is 0.114 e. The summed E-state index contributed by atoms with van der Waals surface area (Å²) in [6.45, 7) is 3.90. The quantitative estimate of drug-likeness (QED) is 0.425. The summed E-state index contributed by atoms with van der Waals surface area (Å²) in [5, 5.41) is 0. The summed E-state index contributed by atoms with van der Waals surface area (Å²) >= 11 is 0. The average molecular weight is 126 g/mol. The van der Waals surface area contributed by atoms with Crippen LogP contribution in [-0.4, -0.2) is 15.7 Å². The van der Waals surface area contributed by atoms with E-state index >= 15 is 0 Å². The smallest absolute Gasteiger partial charge is 0.0936 e. The van der Waals surface area contributed by atoms with Gasteiger partial charge in [0, 0.05) is 0 Å². The summed E-state index contributed by atoms with van der Waals surface area (Å²) in [4.78, 5) is 0. The molecule has 0 aliphatic rings. The van der Waals surface area contributed by atoms with E-state index in [1.54, 1.807) is 0 Å². The maximum atomic E-state index is 5.63. The molecule has 10 heavy (non-hydrogen) atoms. The van der Waals surface area contributed by atoms with E-state index in [2.05, 4.69) is 0 Å². The molecule has 0 heterocycles. The van der Waals surface area contributed by atoms with Crippen molar-refractivity contribution < 1.29 is 0 Å². The topological polar surface area (TPSA) is 0 Å². The molecule has 2 heteroatoms. The molecule has 0 atom stereocenters. The van der Waals surface area contributed by atoms with Gasteiger partial charge in [0.25, 0.3) is 0 Å². The molecule has 0 aliphatic carbocycles. The number of hydrogen-bond donors (Lipinski definition) is 0. The number of hydrogen-bond acceptors (Lipinski definition) is 0. The zero-order chi connectivity index (χ0) is 7.72. The van der Waals surface area contributed by atoms with Gasteiger partial charge in [0.15, 0.2) is 0 Å². The molecule has 0 aromatic heterocycles. The van der Waals surface area contributed by atoms with E-state index in [-0.39, 0.29) is 0 Å². The van der Waals surface area contributed by atoms with Gasteiger partial charge >= 0.3 is 0 Å². The molecule has 0 saturated heterocycles. The minimum Gasteiger partial charge on any atom is -0.0936 e. The van der Waals surface area contributed by atoms with Crippen LogP contribution in [0.5, 0.6) is 0 Å². The highest BCUT2D eigenvalue weighted by Crippen LogP contribution is 1.93. The first kappa shape index (κ1) is 7.46. The molecule has 0 fully saturated rings. The average Bonchev–Trinajstić information content (AvgIpc) is 1.84. The SMILES string of the molecule is [B]c1cc(C)c([B])cc1C. The molecule has 0 unspecified atom stereocenters. The lowest BCUT2D eigenvalue weighted by atomic mass is 9.82. The Morgan fingerprint density at radius 3 is 1.50 bits per heavy atom. The largest absolute Gasteiger partial charge is 0.114 e. The van der Waals surface area contributed by atoms with Crippen molar-refractivity contribution >= 4 is 26.6 Å². The molecule has 1 aromatic rings. The lowest BCUT2D eigenvalue weighted by molar-refractivity contribution is 1.47. The van der Waals surface area contributed by atoms with Crippen LogP contribution in [0.3, 0.4) is 0 Å². The highest BCUT2D eigenvalue weighted by atomic mass is 13.9. The summed E-state index contributed by atoms with van der Waals surface area (Å²) in [5.41, 5.74) is 3.71. The van der Waals surface area contributed by atoms with Crippen molar-refractivity contribution in [3.05, 3.63) is 23.3 Å². The summed E-state index contributed by atoms with van der Waals surface area (Å²) in [6.07, 6.45) is 0. The molecule has 0 bridgehead atoms. The molecule has 46 valence electrons. The molecule has 0 nitrogen and oxygen atoms in total. The van der Waals surface area contributed by atoms with Crippen LogP contribution >= 0.6 is 0 Å². The van der Waals surface area contributed by atoms with Crippen molar-refractivity contribution in [3.63, 3.8) is 0 Å². The van der Waals surface area contributed by atoms with Crippen LogP contribution in [0.2, 0.25) is 0 Å². The molecule has 0 spiro atoms. The summed E-state index contributed by atoms with van der Waals surface area (Å²) < 4.78 is 0. The van der Waals surface area contributed by atoms with Crippen molar-refractivity contribution in [3.8, 4) is 0 Å². The van der Waals surface area contributed by atoms with Gasteiger partial charge in [-0.05, 0) is 13.8 Å². The van der Waals surface area contributed by atoms with Gasteiger partial charge in [-0.1, -0.05) is 34.2 Å². The van der Waals surface area contributed by atoms with Gasteiger partial charge in [-0.15, -0.1) is 0 Å². The minimum absolute atomic E-state index is 0.812. The standard InChI is InChI=1S/C8H8B2/c1-5-3-8(10)6(2)4-7(5)9/h3-4H,1-2H3. The van der Waals surface area contributed by atoms with Crippen molar-refractivity contribution in [1.82, 2.24) is 0 Å². The molecular weight excluding hydrogens is 118 g/mol. The number of benzene rings is 1. The fraction of sp³-hybridized carbons (Fsp3) is 0.250. The van der Waals surface area contributed by atoms with Crippen LogP contribution in [0.4, 0.5) is 0 Å². The van der Waals surface area contributed by atoms with E-state index in [0.717, 1.165) is 22.1 Å². The molecular formula is C8H8B2. The Balaban J connectivity index is 3.28. The van der Waals surface area contributed by atoms with Crippen LogP contribution in [0.1, 0.15) is 11.1 Å². The second-order valence-corrected chi connectivity index (χ2v) is 2.57. The monoisotopic (exact) mass is 126 g/mol. The van der Waals surface area contributed by atoms with E-state index in [0.29, 0.717) is 0 Å². The number of aryl methyl sites for hydroxylation is 2. The van der Waals surface area contributed by atoms with E-state index in [1.165, 1.54) is 0 Å². The molecule has 1 rings (SSSR count). The van der Waals surface area contributed by atoms with Crippen molar-refractivity contribution in [2.75, 3.05) is 0 Å². The molecule has 0 amide bonds. The second-order valence-electron chi connectivity index (χ2n) is 2.57. The Hall–Kier alpha value is -0.650. The van der Waals surface area contributed by atoms with Gasteiger partial charge in [0.05, 0.1) is 0 Å². The van der Waals surface area contributed by atoms with Crippen LogP contribution < -0.4 is 10.9 Å². The van der Waals surface area contributed by atoms with Gasteiger partial charge in [0.1, 0.15) is 15.7 Å². The Labute approximate surface area is 64.5 Å². The molecule has 4 radical (unpaired) electrons. The third-order valence-electron chi connectivity index (χ3n) is 1.65. The number of rotatable bonds is 0. The molecule has 0 saturated carbocycles. The zero-order valence-corrected chi connectivity index (χ0v) is 6.31. The van der Waals surface area contributed by atoms with Gasteiger partial charge in [-0.2, -0.15) is 0 Å². The fourth-order valence-corrected chi connectivity index (χ4v) is 0.861. The Bertz CT molecular complexity index is 203. The minimum atomic E-state index is 0.812. The van der Waals surface area contributed by atoms with Crippen molar-refractivity contribution in [1.29, 1.82) is 0 Å². The third-order valence-corrected chi connectivity index (χ3v) is 1.65. The van der Waals surface area contributed by atoms with Crippen LogP contribution in [-0.2, 0) is 0 Å². The van der Waals surface area contributed by atoms with Gasteiger partial charge in [0.2, 0.25) is 0 Å². The van der Waals surface area contributed by atoms with Crippen LogP contribution in [0.25, 0.3) is 0 Å². The lowest BCUT2D eigenvalue weighted by Crippen LogP contribution is -2.16.